The normalized spacial score (nSPS) is 19.7. The molecule has 1 atom stereocenters. The van der Waals surface area contributed by atoms with Crippen LogP contribution in [-0.4, -0.2) is 14.8 Å². The van der Waals surface area contributed by atoms with Crippen molar-refractivity contribution in [2.45, 2.75) is 23.0 Å². The molecule has 1 aromatic rings. The molecule has 2 rings (SSSR count). The summed E-state index contributed by atoms with van der Waals surface area (Å²) in [6.07, 6.45) is 5.62. The number of hydrogen-bond acceptors (Lipinski definition) is 2. The summed E-state index contributed by atoms with van der Waals surface area (Å²) in [6.45, 7) is 0. The van der Waals surface area contributed by atoms with Gasteiger partial charge in [-0.15, -0.1) is 0 Å². The van der Waals surface area contributed by atoms with Crippen molar-refractivity contribution in [2.24, 2.45) is 0 Å². The Morgan fingerprint density at radius 1 is 1.55 bits per heavy atom. The monoisotopic (exact) mass is 167 g/mol. The molecule has 1 saturated carbocycles. The quantitative estimate of drug-likeness (QED) is 0.623. The molecule has 0 amide bonds. The third kappa shape index (κ3) is 1.54. The van der Waals surface area contributed by atoms with E-state index >= 15 is 0 Å². The van der Waals surface area contributed by atoms with Gasteiger partial charge in [-0.2, -0.15) is 0 Å². The van der Waals surface area contributed by atoms with Crippen LogP contribution in [0.15, 0.2) is 29.4 Å². The van der Waals surface area contributed by atoms with Crippen molar-refractivity contribution >= 4 is 11.2 Å². The molecule has 11 heavy (non-hydrogen) atoms. The molecule has 0 saturated heterocycles. The lowest BCUT2D eigenvalue weighted by Gasteiger charge is -2.07. The van der Waals surface area contributed by atoms with Crippen molar-refractivity contribution in [3.05, 3.63) is 24.5 Å². The van der Waals surface area contributed by atoms with Crippen LogP contribution in [0.2, 0.25) is 0 Å². The zero-order valence-corrected chi connectivity index (χ0v) is 6.88. The summed E-state index contributed by atoms with van der Waals surface area (Å²) in [5, 5.41) is 0.416. The number of aromatic nitrogens is 1. The lowest BCUT2D eigenvalue weighted by atomic mass is 10.5. The molecule has 0 aliphatic heterocycles. The Labute approximate surface area is 68.8 Å². The molecule has 58 valence electrons. The highest BCUT2D eigenvalue weighted by molar-refractivity contribution is 7.92. The van der Waals surface area contributed by atoms with Crippen LogP contribution >= 0.6 is 0 Å². The van der Waals surface area contributed by atoms with Gasteiger partial charge in [0, 0.05) is 19.0 Å². The SMILES string of the molecule is [O-][S+](c1cccnc1)C1CC1. The van der Waals surface area contributed by atoms with Gasteiger partial charge in [-0.3, -0.25) is 4.98 Å². The first kappa shape index (κ1) is 7.13. The fraction of sp³-hybridized carbons (Fsp3) is 0.375. The zero-order valence-electron chi connectivity index (χ0n) is 6.06. The van der Waals surface area contributed by atoms with Crippen molar-refractivity contribution in [3.63, 3.8) is 0 Å². The summed E-state index contributed by atoms with van der Waals surface area (Å²) in [6, 6.07) is 3.71. The summed E-state index contributed by atoms with van der Waals surface area (Å²) in [5.74, 6) is 0. The van der Waals surface area contributed by atoms with Gasteiger partial charge in [-0.05, 0) is 23.3 Å². The number of pyridine rings is 1. The molecule has 1 unspecified atom stereocenters. The van der Waals surface area contributed by atoms with Crippen molar-refractivity contribution in [3.8, 4) is 0 Å². The van der Waals surface area contributed by atoms with E-state index in [1.165, 1.54) is 0 Å². The van der Waals surface area contributed by atoms with E-state index in [-0.39, 0.29) is 0 Å². The van der Waals surface area contributed by atoms with E-state index in [2.05, 4.69) is 4.98 Å². The van der Waals surface area contributed by atoms with E-state index in [1.807, 2.05) is 12.1 Å². The second-order valence-corrected chi connectivity index (χ2v) is 4.42. The lowest BCUT2D eigenvalue weighted by molar-refractivity contribution is 0.593. The Morgan fingerprint density at radius 2 is 2.36 bits per heavy atom. The molecular weight excluding hydrogens is 158 g/mol. The fourth-order valence-electron chi connectivity index (χ4n) is 0.941. The molecule has 0 radical (unpaired) electrons. The van der Waals surface area contributed by atoms with Crippen LogP contribution in [0, 0.1) is 0 Å². The van der Waals surface area contributed by atoms with Crippen LogP contribution in [0.5, 0.6) is 0 Å². The molecule has 1 aliphatic carbocycles. The molecule has 0 aromatic carbocycles. The van der Waals surface area contributed by atoms with Gasteiger partial charge in [0.2, 0.25) is 0 Å². The van der Waals surface area contributed by atoms with Crippen molar-refractivity contribution in [2.75, 3.05) is 0 Å². The fourth-order valence-corrected chi connectivity index (χ4v) is 2.27. The molecule has 1 aliphatic rings. The second kappa shape index (κ2) is 2.83. The van der Waals surface area contributed by atoms with Crippen LogP contribution < -0.4 is 0 Å². The number of rotatable bonds is 2. The van der Waals surface area contributed by atoms with Crippen LogP contribution in [0.1, 0.15) is 12.8 Å². The highest BCUT2D eigenvalue weighted by atomic mass is 32.2. The van der Waals surface area contributed by atoms with Gasteiger partial charge in [0.1, 0.15) is 5.25 Å². The van der Waals surface area contributed by atoms with E-state index < -0.39 is 11.2 Å². The maximum Gasteiger partial charge on any atom is 0.171 e. The third-order valence-corrected chi connectivity index (χ3v) is 3.48. The summed E-state index contributed by atoms with van der Waals surface area (Å²) in [7, 11) is 0. The van der Waals surface area contributed by atoms with Crippen LogP contribution in [-0.2, 0) is 11.2 Å². The largest absolute Gasteiger partial charge is 0.611 e. The first-order valence-electron chi connectivity index (χ1n) is 3.68. The molecule has 0 bridgehead atoms. The highest BCUT2D eigenvalue weighted by Crippen LogP contribution is 2.32. The van der Waals surface area contributed by atoms with Gasteiger partial charge < -0.3 is 4.55 Å². The molecule has 3 heteroatoms. The van der Waals surface area contributed by atoms with Gasteiger partial charge in [-0.1, -0.05) is 0 Å². The average Bonchev–Trinajstić information content (AvgIpc) is 2.87. The Balaban J connectivity index is 2.15. The predicted molar refractivity (Wildman–Crippen MR) is 43.7 cm³/mol. The molecule has 0 spiro atoms. The van der Waals surface area contributed by atoms with Crippen LogP contribution in [0.3, 0.4) is 0 Å². The predicted octanol–water partition coefficient (Wildman–Crippen LogP) is 1.35. The van der Waals surface area contributed by atoms with Crippen molar-refractivity contribution in [1.29, 1.82) is 0 Å². The minimum atomic E-state index is -0.787. The Morgan fingerprint density at radius 3 is 2.91 bits per heavy atom. The number of hydrogen-bond donors (Lipinski definition) is 0. The molecular formula is C8H9NOS. The molecule has 0 N–H and O–H groups in total. The first-order chi connectivity index (χ1) is 5.38. The summed E-state index contributed by atoms with van der Waals surface area (Å²) in [5.41, 5.74) is 0. The number of nitrogens with zero attached hydrogens (tertiary/aromatic N) is 1. The maximum absolute atomic E-state index is 11.5. The van der Waals surface area contributed by atoms with Gasteiger partial charge in [0.15, 0.2) is 4.90 Å². The summed E-state index contributed by atoms with van der Waals surface area (Å²) < 4.78 is 11.5. The zero-order chi connectivity index (χ0) is 7.68. The molecule has 1 aromatic heterocycles. The van der Waals surface area contributed by atoms with Gasteiger partial charge in [-0.25, -0.2) is 0 Å². The van der Waals surface area contributed by atoms with Crippen LogP contribution in [0.25, 0.3) is 0 Å². The Kier molecular flexibility index (Phi) is 1.84. The summed E-state index contributed by atoms with van der Waals surface area (Å²) in [4.78, 5) is 4.79. The van der Waals surface area contributed by atoms with Gasteiger partial charge in [0.25, 0.3) is 0 Å². The minimum absolute atomic E-state index is 0.416. The van der Waals surface area contributed by atoms with E-state index in [4.69, 9.17) is 0 Å². The van der Waals surface area contributed by atoms with E-state index in [0.29, 0.717) is 5.25 Å². The highest BCUT2D eigenvalue weighted by Gasteiger charge is 2.35. The minimum Gasteiger partial charge on any atom is -0.611 e. The standard InChI is InChI=1S/C8H9NOS/c10-11(7-3-4-7)8-2-1-5-9-6-8/h1-2,5-7H,3-4H2. The molecule has 1 heterocycles. The van der Waals surface area contributed by atoms with Crippen molar-refractivity contribution < 1.29 is 4.55 Å². The Hall–Kier alpha value is -0.540. The van der Waals surface area contributed by atoms with E-state index in [1.54, 1.807) is 12.4 Å². The average molecular weight is 167 g/mol. The molecule has 2 nitrogen and oxygen atoms in total. The second-order valence-electron chi connectivity index (χ2n) is 2.69. The molecule has 1 fully saturated rings. The van der Waals surface area contributed by atoms with Gasteiger partial charge in [0.05, 0.1) is 6.20 Å². The van der Waals surface area contributed by atoms with Crippen LogP contribution in [0.4, 0.5) is 0 Å². The third-order valence-electron chi connectivity index (χ3n) is 1.69. The maximum atomic E-state index is 11.5. The topological polar surface area (TPSA) is 36.0 Å². The smallest absolute Gasteiger partial charge is 0.171 e. The lowest BCUT2D eigenvalue weighted by Crippen LogP contribution is -2.06. The first-order valence-corrected chi connectivity index (χ1v) is 4.90. The van der Waals surface area contributed by atoms with E-state index in [0.717, 1.165) is 17.7 Å². The van der Waals surface area contributed by atoms with Gasteiger partial charge >= 0.3 is 0 Å². The van der Waals surface area contributed by atoms with E-state index in [9.17, 15) is 4.55 Å². The Bertz CT molecular complexity index is 235. The summed E-state index contributed by atoms with van der Waals surface area (Å²) >= 11 is -0.787. The van der Waals surface area contributed by atoms with Crippen molar-refractivity contribution in [1.82, 2.24) is 4.98 Å².